The molecule has 1 amide bonds. The largest absolute Gasteiger partial charge is 0.340 e. The summed E-state index contributed by atoms with van der Waals surface area (Å²) in [5, 5.41) is 7.56. The highest BCUT2D eigenvalue weighted by Gasteiger charge is 2.29. The summed E-state index contributed by atoms with van der Waals surface area (Å²) in [7, 11) is 0. The number of benzene rings is 1. The van der Waals surface area contributed by atoms with Gasteiger partial charge in [0.25, 0.3) is 0 Å². The fourth-order valence-corrected chi connectivity index (χ4v) is 3.99. The minimum Gasteiger partial charge on any atom is -0.340 e. The van der Waals surface area contributed by atoms with Crippen LogP contribution in [-0.2, 0) is 24.1 Å². The van der Waals surface area contributed by atoms with Gasteiger partial charge in [0, 0.05) is 32.2 Å². The van der Waals surface area contributed by atoms with E-state index in [0.717, 1.165) is 32.6 Å². The summed E-state index contributed by atoms with van der Waals surface area (Å²) in [5.74, 6) is 0.118. The van der Waals surface area contributed by atoms with Gasteiger partial charge in [-0.15, -0.1) is 0 Å². The number of rotatable bonds is 3. The molecule has 1 aromatic carbocycles. The van der Waals surface area contributed by atoms with E-state index in [1.807, 2.05) is 11.8 Å². The van der Waals surface area contributed by atoms with Crippen molar-refractivity contribution in [1.82, 2.24) is 20.1 Å². The number of carbonyl (C=O) groups excluding carboxylic acids is 1. The Morgan fingerprint density at radius 1 is 1.16 bits per heavy atom. The first-order chi connectivity index (χ1) is 12.2. The van der Waals surface area contributed by atoms with Gasteiger partial charge in [0.05, 0.1) is 6.42 Å². The Kier molecular flexibility index (Phi) is 4.53. The number of piperazine rings is 1. The van der Waals surface area contributed by atoms with Crippen molar-refractivity contribution in [2.75, 3.05) is 26.2 Å². The first kappa shape index (κ1) is 16.3. The molecule has 4 rings (SSSR count). The van der Waals surface area contributed by atoms with Crippen LogP contribution in [0, 0.1) is 6.92 Å². The zero-order valence-electron chi connectivity index (χ0n) is 14.6. The molecule has 1 aliphatic heterocycles. The minimum absolute atomic E-state index is 0.118. The molecule has 2 aromatic rings. The lowest BCUT2D eigenvalue weighted by Crippen LogP contribution is -2.53. The molecule has 1 saturated heterocycles. The Hall–Kier alpha value is -2.21. The molecule has 132 valence electrons. The van der Waals surface area contributed by atoms with E-state index in [2.05, 4.69) is 44.1 Å². The molecule has 2 heterocycles. The van der Waals surface area contributed by atoms with Gasteiger partial charge in [-0.2, -0.15) is 0 Å². The molecule has 0 saturated carbocycles. The minimum atomic E-state index is 0.118. The second-order valence-electron chi connectivity index (χ2n) is 7.06. The number of amides is 1. The maximum atomic E-state index is 12.5. The third-order valence-electron chi connectivity index (χ3n) is 5.57. The van der Waals surface area contributed by atoms with Crippen molar-refractivity contribution in [2.45, 2.75) is 38.6 Å². The average Bonchev–Trinajstić information content (AvgIpc) is 3.06. The molecule has 1 atom stereocenters. The Morgan fingerprint density at radius 2 is 1.92 bits per heavy atom. The molecular formula is C19H24N4O2. The van der Waals surface area contributed by atoms with Crippen molar-refractivity contribution < 1.29 is 9.42 Å². The summed E-state index contributed by atoms with van der Waals surface area (Å²) >= 11 is 0. The fraction of sp³-hybridized carbons (Fsp3) is 0.526. The molecule has 0 bridgehead atoms. The molecule has 1 aromatic heterocycles. The van der Waals surface area contributed by atoms with Crippen LogP contribution in [0.5, 0.6) is 0 Å². The summed E-state index contributed by atoms with van der Waals surface area (Å²) in [6.07, 6.45) is 3.80. The topological polar surface area (TPSA) is 62.5 Å². The summed E-state index contributed by atoms with van der Waals surface area (Å²) in [5.41, 5.74) is 4.35. The van der Waals surface area contributed by atoms with Crippen LogP contribution in [0.15, 0.2) is 28.9 Å². The van der Waals surface area contributed by atoms with Gasteiger partial charge < -0.3 is 4.90 Å². The molecular weight excluding hydrogens is 316 g/mol. The Bertz CT molecular complexity index is 749. The van der Waals surface area contributed by atoms with Crippen LogP contribution in [0.2, 0.25) is 0 Å². The normalized spacial score (nSPS) is 21.2. The van der Waals surface area contributed by atoms with Crippen molar-refractivity contribution in [3.8, 4) is 0 Å². The second-order valence-corrected chi connectivity index (χ2v) is 7.06. The van der Waals surface area contributed by atoms with Gasteiger partial charge in [0.1, 0.15) is 11.4 Å². The Balaban J connectivity index is 1.31. The molecule has 25 heavy (non-hydrogen) atoms. The monoisotopic (exact) mass is 340 g/mol. The van der Waals surface area contributed by atoms with Gasteiger partial charge in [0.15, 0.2) is 0 Å². The lowest BCUT2D eigenvalue weighted by Gasteiger charge is -2.41. The van der Waals surface area contributed by atoms with E-state index in [1.54, 1.807) is 0 Å². The molecule has 1 aliphatic carbocycles. The lowest BCUT2D eigenvalue weighted by molar-refractivity contribution is -0.132. The van der Waals surface area contributed by atoms with Crippen LogP contribution in [-0.4, -0.2) is 58.2 Å². The van der Waals surface area contributed by atoms with Crippen LogP contribution in [0.3, 0.4) is 0 Å². The third-order valence-corrected chi connectivity index (χ3v) is 5.57. The van der Waals surface area contributed by atoms with Crippen molar-refractivity contribution in [3.05, 3.63) is 46.8 Å². The zero-order chi connectivity index (χ0) is 17.2. The first-order valence-corrected chi connectivity index (χ1v) is 9.07. The van der Waals surface area contributed by atoms with E-state index >= 15 is 0 Å². The highest BCUT2D eigenvalue weighted by molar-refractivity contribution is 5.78. The van der Waals surface area contributed by atoms with Crippen LogP contribution in [0.25, 0.3) is 0 Å². The van der Waals surface area contributed by atoms with Crippen LogP contribution in [0.1, 0.15) is 28.9 Å². The van der Waals surface area contributed by atoms with Gasteiger partial charge in [0.2, 0.25) is 5.91 Å². The SMILES string of the molecule is Cc1nonc1CC(=O)N1CCN(C2CCc3ccccc3C2)CC1. The molecule has 6 nitrogen and oxygen atoms in total. The molecule has 2 aliphatic rings. The summed E-state index contributed by atoms with van der Waals surface area (Å²) < 4.78 is 4.68. The molecule has 0 radical (unpaired) electrons. The van der Waals surface area contributed by atoms with Crippen molar-refractivity contribution >= 4 is 5.91 Å². The number of hydrogen-bond donors (Lipinski definition) is 0. The van der Waals surface area contributed by atoms with E-state index in [0.29, 0.717) is 17.4 Å². The van der Waals surface area contributed by atoms with Gasteiger partial charge in [-0.1, -0.05) is 34.6 Å². The van der Waals surface area contributed by atoms with Crippen LogP contribution in [0.4, 0.5) is 0 Å². The predicted octanol–water partition coefficient (Wildman–Crippen LogP) is 1.62. The van der Waals surface area contributed by atoms with E-state index in [9.17, 15) is 4.79 Å². The smallest absolute Gasteiger partial charge is 0.228 e. The van der Waals surface area contributed by atoms with E-state index in [-0.39, 0.29) is 12.3 Å². The maximum absolute atomic E-state index is 12.5. The van der Waals surface area contributed by atoms with E-state index < -0.39 is 0 Å². The van der Waals surface area contributed by atoms with Crippen LogP contribution >= 0.6 is 0 Å². The van der Waals surface area contributed by atoms with Gasteiger partial charge >= 0.3 is 0 Å². The third kappa shape index (κ3) is 3.44. The molecule has 0 spiro atoms. The molecule has 6 heteroatoms. The average molecular weight is 340 g/mol. The number of carbonyl (C=O) groups is 1. The molecule has 0 N–H and O–H groups in total. The van der Waals surface area contributed by atoms with Crippen LogP contribution < -0.4 is 0 Å². The molecule has 1 fully saturated rings. The van der Waals surface area contributed by atoms with Crippen molar-refractivity contribution in [3.63, 3.8) is 0 Å². The highest BCUT2D eigenvalue weighted by atomic mass is 16.6. The number of nitrogens with zero attached hydrogens (tertiary/aromatic N) is 4. The highest BCUT2D eigenvalue weighted by Crippen LogP contribution is 2.25. The van der Waals surface area contributed by atoms with E-state index in [1.165, 1.54) is 24.0 Å². The number of hydrogen-bond acceptors (Lipinski definition) is 5. The number of aromatic nitrogens is 2. The summed E-state index contributed by atoms with van der Waals surface area (Å²) in [4.78, 5) is 17.0. The quantitative estimate of drug-likeness (QED) is 0.850. The second kappa shape index (κ2) is 6.96. The van der Waals surface area contributed by atoms with Gasteiger partial charge in [-0.25, -0.2) is 4.63 Å². The molecule has 1 unspecified atom stereocenters. The summed E-state index contributed by atoms with van der Waals surface area (Å²) in [6.45, 7) is 5.31. The van der Waals surface area contributed by atoms with Gasteiger partial charge in [-0.05, 0) is 37.3 Å². The maximum Gasteiger partial charge on any atom is 0.228 e. The van der Waals surface area contributed by atoms with Gasteiger partial charge in [-0.3, -0.25) is 9.69 Å². The fourth-order valence-electron chi connectivity index (χ4n) is 3.99. The Morgan fingerprint density at radius 3 is 2.64 bits per heavy atom. The Labute approximate surface area is 147 Å². The lowest BCUT2D eigenvalue weighted by atomic mass is 9.87. The standard InChI is InChI=1S/C19H24N4O2/c1-14-18(21-25-20-14)13-19(24)23-10-8-22(9-11-23)17-7-6-15-4-2-3-5-16(15)12-17/h2-5,17H,6-13H2,1H3. The number of fused-ring (bicyclic) bond motifs is 1. The summed E-state index contributed by atoms with van der Waals surface area (Å²) in [6, 6.07) is 9.39. The number of aryl methyl sites for hydroxylation is 2. The first-order valence-electron chi connectivity index (χ1n) is 9.07. The van der Waals surface area contributed by atoms with Crippen molar-refractivity contribution in [2.24, 2.45) is 0 Å². The van der Waals surface area contributed by atoms with Crippen molar-refractivity contribution in [1.29, 1.82) is 0 Å². The predicted molar refractivity (Wildman–Crippen MR) is 93.1 cm³/mol. The zero-order valence-corrected chi connectivity index (χ0v) is 14.6. The van der Waals surface area contributed by atoms with E-state index in [4.69, 9.17) is 0 Å².